The number of rotatable bonds is 7. The molecule has 2 aromatic rings. The maximum absolute atomic E-state index is 14.3. The van der Waals surface area contributed by atoms with E-state index in [9.17, 15) is 18.4 Å². The summed E-state index contributed by atoms with van der Waals surface area (Å²) in [6.07, 6.45) is 0.717. The summed E-state index contributed by atoms with van der Waals surface area (Å²) in [5, 5.41) is 3.17. The van der Waals surface area contributed by atoms with Crippen LogP contribution in [0.4, 0.5) is 8.78 Å². The van der Waals surface area contributed by atoms with Gasteiger partial charge in [-0.25, -0.2) is 8.78 Å². The molecular weight excluding hydrogens is 454 g/mol. The second-order valence-electron chi connectivity index (χ2n) is 9.56. The zero-order chi connectivity index (χ0) is 25.2. The van der Waals surface area contributed by atoms with Crippen molar-refractivity contribution >= 4 is 11.8 Å². The topological polar surface area (TPSA) is 67.9 Å². The molecule has 0 aromatic heterocycles. The van der Waals surface area contributed by atoms with E-state index < -0.39 is 28.5 Å². The van der Waals surface area contributed by atoms with E-state index in [1.54, 1.807) is 7.11 Å². The van der Waals surface area contributed by atoms with Crippen LogP contribution in [-0.4, -0.2) is 56.2 Å². The second-order valence-corrected chi connectivity index (χ2v) is 9.56. The van der Waals surface area contributed by atoms with E-state index in [4.69, 9.17) is 9.47 Å². The summed E-state index contributed by atoms with van der Waals surface area (Å²) in [5.74, 6) is -2.63. The number of nitrogens with zero attached hydrogens (tertiary/aromatic N) is 1. The van der Waals surface area contributed by atoms with Crippen LogP contribution in [0.3, 0.4) is 0 Å². The highest BCUT2D eigenvalue weighted by Crippen LogP contribution is 2.52. The number of piperidine rings is 1. The zero-order valence-corrected chi connectivity index (χ0v) is 20.4. The minimum Gasteiger partial charge on any atom is -0.382 e. The third kappa shape index (κ3) is 4.69. The van der Waals surface area contributed by atoms with Crippen LogP contribution in [0.15, 0.2) is 42.5 Å². The first-order valence-electron chi connectivity index (χ1n) is 12.0. The van der Waals surface area contributed by atoms with Gasteiger partial charge in [-0.3, -0.25) is 9.59 Å². The minimum atomic E-state index is -0.862. The monoisotopic (exact) mass is 486 g/mol. The molecule has 1 aliphatic carbocycles. The van der Waals surface area contributed by atoms with E-state index in [0.29, 0.717) is 39.1 Å². The number of nitrogens with one attached hydrogen (secondary N) is 1. The molecule has 35 heavy (non-hydrogen) atoms. The van der Waals surface area contributed by atoms with E-state index in [-0.39, 0.29) is 24.0 Å². The van der Waals surface area contributed by atoms with E-state index in [0.717, 1.165) is 23.3 Å². The Kier molecular flexibility index (Phi) is 7.52. The van der Waals surface area contributed by atoms with Gasteiger partial charge in [-0.2, -0.15) is 0 Å². The van der Waals surface area contributed by atoms with Crippen LogP contribution >= 0.6 is 0 Å². The van der Waals surface area contributed by atoms with E-state index in [2.05, 4.69) is 11.4 Å². The van der Waals surface area contributed by atoms with Gasteiger partial charge in [0.2, 0.25) is 5.91 Å². The van der Waals surface area contributed by atoms with Gasteiger partial charge in [0.15, 0.2) is 0 Å². The fraction of sp³-hybridized carbons (Fsp3) is 0.481. The van der Waals surface area contributed by atoms with Gasteiger partial charge in [0.05, 0.1) is 25.4 Å². The first kappa shape index (κ1) is 25.3. The Morgan fingerprint density at radius 3 is 2.34 bits per heavy atom. The fourth-order valence-electron chi connectivity index (χ4n) is 5.37. The molecule has 1 fully saturated rings. The lowest BCUT2D eigenvalue weighted by Gasteiger charge is -2.44. The van der Waals surface area contributed by atoms with E-state index >= 15 is 0 Å². The van der Waals surface area contributed by atoms with Crippen molar-refractivity contribution in [2.75, 3.05) is 33.4 Å². The summed E-state index contributed by atoms with van der Waals surface area (Å²) in [7, 11) is 1.60. The Hall–Kier alpha value is -2.84. The number of amides is 2. The van der Waals surface area contributed by atoms with Crippen LogP contribution in [0.2, 0.25) is 0 Å². The van der Waals surface area contributed by atoms with Crippen molar-refractivity contribution in [3.8, 4) is 0 Å². The molecule has 1 N–H and O–H groups in total. The Morgan fingerprint density at radius 1 is 1.06 bits per heavy atom. The summed E-state index contributed by atoms with van der Waals surface area (Å²) in [6, 6.07) is 11.1. The molecule has 0 radical (unpaired) electrons. The fourth-order valence-corrected chi connectivity index (χ4v) is 5.37. The zero-order valence-electron chi connectivity index (χ0n) is 20.4. The Morgan fingerprint density at radius 2 is 1.71 bits per heavy atom. The number of likely N-dealkylation sites (tertiary alicyclic amines) is 1. The van der Waals surface area contributed by atoms with Crippen molar-refractivity contribution in [1.82, 2.24) is 10.2 Å². The SMILES string of the molecule is COCCO[C@H]1[C@H](NC(=O)C(C)C)c2ccccc2C12CCN(C(=O)c1c(F)cccc1F)CC2. The van der Waals surface area contributed by atoms with Crippen molar-refractivity contribution in [2.45, 2.75) is 44.2 Å². The van der Waals surface area contributed by atoms with Gasteiger partial charge < -0.3 is 19.7 Å². The first-order chi connectivity index (χ1) is 16.8. The Labute approximate surface area is 204 Å². The number of ether oxygens (including phenoxy) is 2. The Balaban J connectivity index is 1.64. The van der Waals surface area contributed by atoms with Crippen LogP contribution in [0.5, 0.6) is 0 Å². The van der Waals surface area contributed by atoms with Gasteiger partial charge in [-0.1, -0.05) is 44.2 Å². The van der Waals surface area contributed by atoms with Crippen molar-refractivity contribution in [3.63, 3.8) is 0 Å². The highest BCUT2D eigenvalue weighted by atomic mass is 19.1. The number of methoxy groups -OCH3 is 1. The van der Waals surface area contributed by atoms with E-state index in [1.165, 1.54) is 11.0 Å². The van der Waals surface area contributed by atoms with Crippen molar-refractivity contribution in [2.24, 2.45) is 5.92 Å². The summed E-state index contributed by atoms with van der Waals surface area (Å²) in [4.78, 5) is 27.2. The summed E-state index contributed by atoms with van der Waals surface area (Å²) >= 11 is 0. The molecule has 1 aliphatic heterocycles. The summed E-state index contributed by atoms with van der Waals surface area (Å²) in [5.41, 5.74) is 1.11. The highest BCUT2D eigenvalue weighted by molar-refractivity contribution is 5.94. The first-order valence-corrected chi connectivity index (χ1v) is 12.0. The molecule has 1 spiro atoms. The summed E-state index contributed by atoms with van der Waals surface area (Å²) in [6.45, 7) is 5.09. The minimum absolute atomic E-state index is 0.0650. The molecule has 4 rings (SSSR count). The normalized spacial score (nSPS) is 20.8. The molecule has 1 heterocycles. The Bertz CT molecular complexity index is 1060. The molecule has 2 atom stereocenters. The number of fused-ring (bicyclic) bond motifs is 2. The lowest BCUT2D eigenvalue weighted by molar-refractivity contribution is -0.127. The second kappa shape index (κ2) is 10.4. The number of benzene rings is 2. The lowest BCUT2D eigenvalue weighted by Crippen LogP contribution is -2.52. The highest BCUT2D eigenvalue weighted by Gasteiger charge is 2.54. The third-order valence-corrected chi connectivity index (χ3v) is 7.21. The number of carbonyl (C=O) groups is 2. The van der Waals surface area contributed by atoms with Crippen LogP contribution in [0.1, 0.15) is 54.2 Å². The van der Waals surface area contributed by atoms with Crippen LogP contribution in [0, 0.1) is 17.6 Å². The van der Waals surface area contributed by atoms with Crippen molar-refractivity contribution in [1.29, 1.82) is 0 Å². The quantitative estimate of drug-likeness (QED) is 0.601. The number of halogens is 2. The molecule has 0 saturated carbocycles. The molecule has 8 heteroatoms. The standard InChI is InChI=1S/C27H32F2N2O4/c1-17(2)25(32)30-23-18-7-4-5-8-19(18)27(24(23)35-16-15-34-3)11-13-31(14-12-27)26(33)22-20(28)9-6-10-21(22)29/h4-10,17,23-24H,11-16H2,1-3H3,(H,30,32)/t23-,24+/m1/s1. The van der Waals surface area contributed by atoms with Gasteiger partial charge in [-0.15, -0.1) is 0 Å². The van der Waals surface area contributed by atoms with Gasteiger partial charge in [-0.05, 0) is 36.1 Å². The maximum Gasteiger partial charge on any atom is 0.259 e. The lowest BCUT2D eigenvalue weighted by atomic mass is 9.71. The molecule has 2 aliphatic rings. The molecule has 188 valence electrons. The molecule has 1 saturated heterocycles. The number of hydrogen-bond acceptors (Lipinski definition) is 4. The maximum atomic E-state index is 14.3. The largest absolute Gasteiger partial charge is 0.382 e. The van der Waals surface area contributed by atoms with Gasteiger partial charge in [0.25, 0.3) is 5.91 Å². The number of hydrogen-bond donors (Lipinski definition) is 1. The van der Waals surface area contributed by atoms with Gasteiger partial charge in [0, 0.05) is 31.5 Å². The molecular formula is C27H32F2N2O4. The molecule has 2 amide bonds. The van der Waals surface area contributed by atoms with Crippen molar-refractivity contribution in [3.05, 3.63) is 70.8 Å². The molecule has 6 nitrogen and oxygen atoms in total. The molecule has 2 aromatic carbocycles. The van der Waals surface area contributed by atoms with Crippen LogP contribution in [0.25, 0.3) is 0 Å². The van der Waals surface area contributed by atoms with Crippen molar-refractivity contribution < 1.29 is 27.8 Å². The average molecular weight is 487 g/mol. The average Bonchev–Trinajstić information content (AvgIpc) is 3.08. The molecule has 0 bridgehead atoms. The summed E-state index contributed by atoms with van der Waals surface area (Å²) < 4.78 is 40.1. The number of carbonyl (C=O) groups excluding carboxylic acids is 2. The van der Waals surface area contributed by atoms with E-state index in [1.807, 2.05) is 32.0 Å². The predicted molar refractivity (Wildman–Crippen MR) is 127 cm³/mol. The van der Waals surface area contributed by atoms with Gasteiger partial charge >= 0.3 is 0 Å². The van der Waals surface area contributed by atoms with Crippen LogP contribution < -0.4 is 5.32 Å². The smallest absolute Gasteiger partial charge is 0.259 e. The van der Waals surface area contributed by atoms with Crippen LogP contribution in [-0.2, 0) is 19.7 Å². The molecule has 0 unspecified atom stereocenters. The van der Waals surface area contributed by atoms with Gasteiger partial charge in [0.1, 0.15) is 17.2 Å². The third-order valence-electron chi connectivity index (χ3n) is 7.21. The predicted octanol–water partition coefficient (Wildman–Crippen LogP) is 4.00.